The van der Waals surface area contributed by atoms with Crippen LogP contribution in [-0.4, -0.2) is 56.9 Å². The van der Waals surface area contributed by atoms with Crippen molar-refractivity contribution in [2.24, 2.45) is 13.0 Å². The molecule has 1 saturated heterocycles. The molecule has 1 amide bonds. The van der Waals surface area contributed by atoms with Gasteiger partial charge in [-0.2, -0.15) is 0 Å². The first-order valence-corrected chi connectivity index (χ1v) is 8.51. The first kappa shape index (κ1) is 15.3. The van der Waals surface area contributed by atoms with Crippen molar-refractivity contribution in [3.63, 3.8) is 0 Å². The molecule has 1 aliphatic carbocycles. The van der Waals surface area contributed by atoms with Crippen LogP contribution in [0.2, 0.25) is 0 Å². The van der Waals surface area contributed by atoms with Gasteiger partial charge < -0.3 is 9.47 Å². The molecule has 3 atom stereocenters. The molecule has 6 nitrogen and oxygen atoms in total. The summed E-state index contributed by atoms with van der Waals surface area (Å²) in [6, 6.07) is 4.19. The summed E-state index contributed by atoms with van der Waals surface area (Å²) in [5.41, 5.74) is 1.19. The number of aryl methyl sites for hydroxylation is 1. The van der Waals surface area contributed by atoms with E-state index < -0.39 is 0 Å². The van der Waals surface area contributed by atoms with Crippen LogP contribution in [0, 0.1) is 5.92 Å². The fraction of sp³-hybridized carbons (Fsp3) is 0.500. The number of carbonyl (C=O) groups excluding carboxylic acids is 1. The molecule has 0 bridgehead atoms. The zero-order chi connectivity index (χ0) is 16.7. The van der Waals surface area contributed by atoms with Crippen molar-refractivity contribution in [1.82, 2.24) is 24.3 Å². The number of piperazine rings is 1. The van der Waals surface area contributed by atoms with Crippen LogP contribution < -0.4 is 0 Å². The quantitative estimate of drug-likeness (QED) is 0.857. The Labute approximate surface area is 142 Å². The van der Waals surface area contributed by atoms with Gasteiger partial charge in [-0.05, 0) is 31.0 Å². The van der Waals surface area contributed by atoms with Crippen LogP contribution in [0.1, 0.15) is 29.8 Å². The maximum atomic E-state index is 12.9. The van der Waals surface area contributed by atoms with E-state index in [1.54, 1.807) is 6.20 Å². The summed E-state index contributed by atoms with van der Waals surface area (Å²) in [7, 11) is 4.12. The topological polar surface area (TPSA) is 54.3 Å². The number of amides is 1. The largest absolute Gasteiger partial charge is 0.339 e. The highest BCUT2D eigenvalue weighted by Crippen LogP contribution is 2.48. The Bertz CT molecular complexity index is 728. The summed E-state index contributed by atoms with van der Waals surface area (Å²) in [4.78, 5) is 25.9. The van der Waals surface area contributed by atoms with Crippen molar-refractivity contribution in [3.8, 4) is 0 Å². The molecule has 2 aromatic heterocycles. The molecule has 2 fully saturated rings. The zero-order valence-electron chi connectivity index (χ0n) is 14.2. The fourth-order valence-corrected chi connectivity index (χ4v) is 3.72. The molecule has 0 aromatic carbocycles. The fourth-order valence-electron chi connectivity index (χ4n) is 3.72. The molecule has 2 aliphatic rings. The third kappa shape index (κ3) is 2.71. The predicted molar refractivity (Wildman–Crippen MR) is 90.2 cm³/mol. The van der Waals surface area contributed by atoms with Crippen LogP contribution in [-0.2, 0) is 11.8 Å². The Morgan fingerprint density at radius 1 is 1.25 bits per heavy atom. The van der Waals surface area contributed by atoms with Gasteiger partial charge >= 0.3 is 0 Å². The zero-order valence-corrected chi connectivity index (χ0v) is 14.2. The summed E-state index contributed by atoms with van der Waals surface area (Å²) in [6.45, 7) is 2.40. The Balaban J connectivity index is 1.45. The molecule has 1 aliphatic heterocycles. The van der Waals surface area contributed by atoms with E-state index >= 15 is 0 Å². The molecule has 3 heterocycles. The Kier molecular flexibility index (Phi) is 3.84. The number of aromatic nitrogens is 3. The lowest BCUT2D eigenvalue weighted by atomic mass is 10.1. The number of carbonyl (C=O) groups is 1. The number of pyridine rings is 1. The molecule has 0 N–H and O–H groups in total. The lowest BCUT2D eigenvalue weighted by Gasteiger charge is -2.39. The standard InChI is InChI=1S/C18H23N5O/c1-21-8-9-23(12-16(21)17-20-6-7-22(17)2)18(24)15-10-14(15)13-4-3-5-19-11-13/h3-7,11,14-16H,8-10,12H2,1-2H3/t14-,15-,16-/m1/s1. The van der Waals surface area contributed by atoms with E-state index in [0.717, 1.165) is 31.9 Å². The first-order chi connectivity index (χ1) is 11.6. The van der Waals surface area contributed by atoms with E-state index in [1.807, 2.05) is 41.2 Å². The number of imidazole rings is 1. The second-order valence-electron chi connectivity index (χ2n) is 6.91. The number of hydrogen-bond donors (Lipinski definition) is 0. The summed E-state index contributed by atoms with van der Waals surface area (Å²) in [6.07, 6.45) is 8.40. The molecule has 1 saturated carbocycles. The van der Waals surface area contributed by atoms with Gasteiger partial charge in [0.05, 0.1) is 6.04 Å². The van der Waals surface area contributed by atoms with E-state index in [9.17, 15) is 4.79 Å². The number of likely N-dealkylation sites (N-methyl/N-ethyl adjacent to an activating group) is 1. The average Bonchev–Trinajstić information content (AvgIpc) is 3.30. The van der Waals surface area contributed by atoms with Crippen LogP contribution in [0.5, 0.6) is 0 Å². The van der Waals surface area contributed by atoms with E-state index in [1.165, 1.54) is 5.56 Å². The number of hydrogen-bond acceptors (Lipinski definition) is 4. The lowest BCUT2D eigenvalue weighted by molar-refractivity contribution is -0.135. The van der Waals surface area contributed by atoms with Crippen LogP contribution in [0.3, 0.4) is 0 Å². The van der Waals surface area contributed by atoms with Crippen LogP contribution >= 0.6 is 0 Å². The van der Waals surface area contributed by atoms with Gasteiger partial charge in [0.25, 0.3) is 0 Å². The minimum absolute atomic E-state index is 0.125. The molecular weight excluding hydrogens is 302 g/mol. The van der Waals surface area contributed by atoms with E-state index in [4.69, 9.17) is 0 Å². The normalized spacial score (nSPS) is 27.2. The highest BCUT2D eigenvalue weighted by molar-refractivity contribution is 5.83. The molecule has 0 spiro atoms. The summed E-state index contributed by atoms with van der Waals surface area (Å²) in [5, 5.41) is 0. The Morgan fingerprint density at radius 2 is 2.12 bits per heavy atom. The van der Waals surface area contributed by atoms with Crippen LogP contribution in [0.4, 0.5) is 0 Å². The SMILES string of the molecule is CN1CCN(C(=O)[C@@H]2C[C@@H]2c2cccnc2)C[C@@H]1c1nccn1C. The number of nitrogens with zero attached hydrogens (tertiary/aromatic N) is 5. The highest BCUT2D eigenvalue weighted by atomic mass is 16.2. The Morgan fingerprint density at radius 3 is 2.83 bits per heavy atom. The monoisotopic (exact) mass is 325 g/mol. The van der Waals surface area contributed by atoms with E-state index in [0.29, 0.717) is 5.92 Å². The minimum atomic E-state index is 0.125. The van der Waals surface area contributed by atoms with Crippen molar-refractivity contribution < 1.29 is 4.79 Å². The maximum absolute atomic E-state index is 12.9. The second kappa shape index (κ2) is 6.02. The van der Waals surface area contributed by atoms with Gasteiger partial charge in [0, 0.05) is 57.4 Å². The molecule has 24 heavy (non-hydrogen) atoms. The molecule has 0 unspecified atom stereocenters. The third-order valence-corrected chi connectivity index (χ3v) is 5.34. The highest BCUT2D eigenvalue weighted by Gasteiger charge is 2.47. The summed E-state index contributed by atoms with van der Waals surface area (Å²) in [5.74, 6) is 1.78. The van der Waals surface area contributed by atoms with Crippen LogP contribution in [0.15, 0.2) is 36.9 Å². The van der Waals surface area contributed by atoms with Gasteiger partial charge in [0.15, 0.2) is 0 Å². The predicted octanol–water partition coefficient (Wildman–Crippen LogP) is 1.43. The number of rotatable bonds is 3. The van der Waals surface area contributed by atoms with Gasteiger partial charge in [-0.1, -0.05) is 6.07 Å². The van der Waals surface area contributed by atoms with Gasteiger partial charge in [-0.15, -0.1) is 0 Å². The third-order valence-electron chi connectivity index (χ3n) is 5.34. The second-order valence-corrected chi connectivity index (χ2v) is 6.91. The molecular formula is C18H23N5O. The minimum Gasteiger partial charge on any atom is -0.339 e. The molecule has 126 valence electrons. The van der Waals surface area contributed by atoms with Gasteiger partial charge in [-0.25, -0.2) is 4.98 Å². The van der Waals surface area contributed by atoms with Crippen molar-refractivity contribution >= 4 is 5.91 Å². The van der Waals surface area contributed by atoms with Gasteiger partial charge in [-0.3, -0.25) is 14.7 Å². The first-order valence-electron chi connectivity index (χ1n) is 8.51. The van der Waals surface area contributed by atoms with E-state index in [-0.39, 0.29) is 17.9 Å². The smallest absolute Gasteiger partial charge is 0.226 e. The van der Waals surface area contributed by atoms with Crippen molar-refractivity contribution in [1.29, 1.82) is 0 Å². The van der Waals surface area contributed by atoms with Gasteiger partial charge in [0.2, 0.25) is 5.91 Å². The summed E-state index contributed by atoms with van der Waals surface area (Å²) >= 11 is 0. The molecule has 6 heteroatoms. The maximum Gasteiger partial charge on any atom is 0.226 e. The Hall–Kier alpha value is -2.21. The van der Waals surface area contributed by atoms with Gasteiger partial charge in [0.1, 0.15) is 5.82 Å². The van der Waals surface area contributed by atoms with E-state index in [2.05, 4.69) is 28.0 Å². The van der Waals surface area contributed by atoms with Crippen LogP contribution in [0.25, 0.3) is 0 Å². The van der Waals surface area contributed by atoms with Crippen molar-refractivity contribution in [2.45, 2.75) is 18.4 Å². The van der Waals surface area contributed by atoms with Crippen molar-refractivity contribution in [2.75, 3.05) is 26.7 Å². The van der Waals surface area contributed by atoms with Crippen molar-refractivity contribution in [3.05, 3.63) is 48.3 Å². The average molecular weight is 325 g/mol. The summed E-state index contributed by atoms with van der Waals surface area (Å²) < 4.78 is 2.05. The molecule has 4 rings (SSSR count). The lowest BCUT2D eigenvalue weighted by Crippen LogP contribution is -2.50. The molecule has 2 aromatic rings. The molecule has 0 radical (unpaired) electrons.